The Morgan fingerprint density at radius 1 is 0.720 bits per heavy atom. The summed E-state index contributed by atoms with van der Waals surface area (Å²) in [7, 11) is 6.37. The first-order valence-electron chi connectivity index (χ1n) is 20.6. The van der Waals surface area contributed by atoms with Crippen LogP contribution in [0.5, 0.6) is 0 Å². The minimum Gasteiger partial charge on any atom is -0.460 e. The maximum atomic E-state index is 12.3. The summed E-state index contributed by atoms with van der Waals surface area (Å²) in [6.45, 7) is 36.3. The molecule has 2 atom stereocenters. The molecule has 4 aliphatic rings. The topological polar surface area (TPSA) is 73.4 Å². The zero-order valence-corrected chi connectivity index (χ0v) is 36.7. The van der Waals surface area contributed by atoms with Crippen LogP contribution in [0.3, 0.4) is 0 Å². The van der Waals surface area contributed by atoms with Crippen molar-refractivity contribution in [3.63, 3.8) is 0 Å². The average molecular weight is 713 g/mol. The summed E-state index contributed by atoms with van der Waals surface area (Å²) >= 11 is 0. The number of ether oxygens (including phenoxy) is 1. The molecule has 0 saturated carbocycles. The monoisotopic (exact) mass is 713 g/mol. The van der Waals surface area contributed by atoms with Crippen LogP contribution in [0.15, 0.2) is 0 Å². The van der Waals surface area contributed by atoms with Crippen LogP contribution in [-0.4, -0.2) is 116 Å². The molecule has 0 aromatic carbocycles. The number of rotatable bonds is 4. The van der Waals surface area contributed by atoms with E-state index in [1.807, 2.05) is 62.3 Å². The van der Waals surface area contributed by atoms with Gasteiger partial charge in [0, 0.05) is 31.0 Å². The minimum absolute atomic E-state index is 0.0226. The highest BCUT2D eigenvalue weighted by molar-refractivity contribution is 5.82. The molecule has 4 heterocycles. The molecule has 50 heavy (non-hydrogen) atoms. The SMILES string of the molecule is CC.CC.CC.CC(=O)C(C)C1CCCN(C)C1.CCC.CN1CCC(C(=O)OC(C)(C)C)CC1.CN1CCC(C)(C(=O)N2CCCC2)CC1. The molecule has 4 fully saturated rings. The van der Waals surface area contributed by atoms with Crippen molar-refractivity contribution in [3.8, 4) is 0 Å². The number of hydrogen-bond donors (Lipinski definition) is 0. The van der Waals surface area contributed by atoms with Gasteiger partial charge in [0.25, 0.3) is 0 Å². The molecule has 0 radical (unpaired) electrons. The fourth-order valence-corrected chi connectivity index (χ4v) is 6.20. The summed E-state index contributed by atoms with van der Waals surface area (Å²) in [5.41, 5.74) is -0.419. The third-order valence-electron chi connectivity index (χ3n) is 9.47. The van der Waals surface area contributed by atoms with E-state index in [9.17, 15) is 14.4 Å². The Kier molecular flexibility index (Phi) is 31.7. The molecule has 0 aromatic heterocycles. The summed E-state index contributed by atoms with van der Waals surface area (Å²) in [6.07, 6.45) is 10.0. The number of amides is 1. The molecule has 1 amide bonds. The summed E-state index contributed by atoms with van der Waals surface area (Å²) in [6, 6.07) is 0. The Morgan fingerprint density at radius 2 is 1.16 bits per heavy atom. The second-order valence-corrected chi connectivity index (χ2v) is 15.2. The maximum absolute atomic E-state index is 12.3. The smallest absolute Gasteiger partial charge is 0.309 e. The van der Waals surface area contributed by atoms with Gasteiger partial charge in [-0.2, -0.15) is 0 Å². The first kappa shape index (κ1) is 52.8. The summed E-state index contributed by atoms with van der Waals surface area (Å²) in [5.74, 6) is 1.70. The van der Waals surface area contributed by atoms with Gasteiger partial charge in [-0.05, 0) is 139 Å². The Balaban J connectivity index is -0.000000595. The Hall–Kier alpha value is -1.51. The number of nitrogens with zero attached hydrogens (tertiary/aromatic N) is 4. The predicted octanol–water partition coefficient (Wildman–Crippen LogP) is 9.06. The van der Waals surface area contributed by atoms with Crippen LogP contribution in [0, 0.1) is 23.2 Å². The first-order chi connectivity index (χ1) is 23.5. The molecule has 8 nitrogen and oxygen atoms in total. The third kappa shape index (κ3) is 23.1. The molecule has 4 saturated heterocycles. The highest BCUT2D eigenvalue weighted by Crippen LogP contribution is 2.33. The van der Waals surface area contributed by atoms with Crippen molar-refractivity contribution in [2.75, 3.05) is 73.5 Å². The fourth-order valence-electron chi connectivity index (χ4n) is 6.20. The van der Waals surface area contributed by atoms with Crippen LogP contribution in [0.4, 0.5) is 0 Å². The average Bonchev–Trinajstić information content (AvgIpc) is 3.64. The van der Waals surface area contributed by atoms with Gasteiger partial charge in [-0.1, -0.05) is 75.7 Å². The van der Waals surface area contributed by atoms with Crippen molar-refractivity contribution in [1.82, 2.24) is 19.6 Å². The van der Waals surface area contributed by atoms with E-state index in [2.05, 4.69) is 68.4 Å². The molecule has 4 rings (SSSR count). The van der Waals surface area contributed by atoms with E-state index in [1.54, 1.807) is 6.92 Å². The lowest BCUT2D eigenvalue weighted by atomic mass is 9.79. The minimum atomic E-state index is -0.347. The number of likely N-dealkylation sites (tertiary alicyclic amines) is 4. The van der Waals surface area contributed by atoms with Crippen LogP contribution >= 0.6 is 0 Å². The molecule has 300 valence electrons. The second kappa shape index (κ2) is 30.0. The zero-order chi connectivity index (χ0) is 39.5. The van der Waals surface area contributed by atoms with Gasteiger partial charge in [0.15, 0.2) is 0 Å². The van der Waals surface area contributed by atoms with E-state index in [0.29, 0.717) is 17.6 Å². The van der Waals surface area contributed by atoms with E-state index in [1.165, 1.54) is 38.6 Å². The summed E-state index contributed by atoms with van der Waals surface area (Å²) in [5, 5.41) is 0. The van der Waals surface area contributed by atoms with Gasteiger partial charge in [-0.15, -0.1) is 0 Å². The number of esters is 1. The van der Waals surface area contributed by atoms with Gasteiger partial charge in [-0.25, -0.2) is 0 Å². The molecule has 0 N–H and O–H groups in total. The number of ketones is 1. The van der Waals surface area contributed by atoms with Crippen LogP contribution in [0.25, 0.3) is 0 Å². The van der Waals surface area contributed by atoms with Gasteiger partial charge >= 0.3 is 5.97 Å². The van der Waals surface area contributed by atoms with E-state index in [-0.39, 0.29) is 28.8 Å². The van der Waals surface area contributed by atoms with Crippen molar-refractivity contribution < 1.29 is 19.1 Å². The van der Waals surface area contributed by atoms with Crippen LogP contribution in [0.1, 0.15) is 155 Å². The molecule has 0 aliphatic carbocycles. The molecule has 8 heteroatoms. The van der Waals surface area contributed by atoms with Crippen LogP contribution in [0.2, 0.25) is 0 Å². The molecular weight excluding hydrogens is 624 g/mol. The molecule has 0 spiro atoms. The largest absolute Gasteiger partial charge is 0.460 e. The first-order valence-corrected chi connectivity index (χ1v) is 20.6. The quantitative estimate of drug-likeness (QED) is 0.269. The Bertz CT molecular complexity index is 837. The van der Waals surface area contributed by atoms with Gasteiger partial charge < -0.3 is 24.3 Å². The predicted molar refractivity (Wildman–Crippen MR) is 217 cm³/mol. The highest BCUT2D eigenvalue weighted by Gasteiger charge is 2.39. The summed E-state index contributed by atoms with van der Waals surface area (Å²) < 4.78 is 5.35. The van der Waals surface area contributed by atoms with Crippen LogP contribution in [-0.2, 0) is 19.1 Å². The van der Waals surface area contributed by atoms with Gasteiger partial charge in [-0.3, -0.25) is 14.4 Å². The zero-order valence-electron chi connectivity index (χ0n) is 36.7. The van der Waals surface area contributed by atoms with Crippen LogP contribution < -0.4 is 0 Å². The van der Waals surface area contributed by atoms with Crippen molar-refractivity contribution in [2.45, 2.75) is 160 Å². The van der Waals surface area contributed by atoms with E-state index < -0.39 is 0 Å². The molecule has 0 bridgehead atoms. The van der Waals surface area contributed by atoms with E-state index in [4.69, 9.17) is 4.74 Å². The number of hydrogen-bond acceptors (Lipinski definition) is 7. The van der Waals surface area contributed by atoms with Crippen molar-refractivity contribution >= 4 is 17.7 Å². The molecule has 2 unspecified atom stereocenters. The molecular formula is C42H88N4O4. The number of Topliss-reactive ketones (excluding diaryl/α,β-unsaturated/α-hetero) is 1. The fraction of sp³-hybridized carbons (Fsp3) is 0.929. The van der Waals surface area contributed by atoms with Crippen molar-refractivity contribution in [3.05, 3.63) is 0 Å². The Morgan fingerprint density at radius 3 is 1.56 bits per heavy atom. The van der Waals surface area contributed by atoms with Gasteiger partial charge in [0.1, 0.15) is 11.4 Å². The molecule has 4 aliphatic heterocycles. The lowest BCUT2D eigenvalue weighted by molar-refractivity contribution is -0.161. The lowest BCUT2D eigenvalue weighted by Gasteiger charge is -2.38. The van der Waals surface area contributed by atoms with E-state index in [0.717, 1.165) is 71.5 Å². The summed E-state index contributed by atoms with van der Waals surface area (Å²) in [4.78, 5) is 44.1. The third-order valence-corrected chi connectivity index (χ3v) is 9.47. The highest BCUT2D eigenvalue weighted by atomic mass is 16.6. The maximum Gasteiger partial charge on any atom is 0.309 e. The lowest BCUT2D eigenvalue weighted by Crippen LogP contribution is -2.47. The van der Waals surface area contributed by atoms with E-state index >= 15 is 0 Å². The molecule has 0 aromatic rings. The number of piperidine rings is 3. The van der Waals surface area contributed by atoms with Gasteiger partial charge in [0.05, 0.1) is 5.92 Å². The number of carbonyl (C=O) groups excluding carboxylic acids is 3. The second-order valence-electron chi connectivity index (χ2n) is 15.2. The van der Waals surface area contributed by atoms with Crippen molar-refractivity contribution in [2.24, 2.45) is 23.2 Å². The number of carbonyl (C=O) groups is 3. The van der Waals surface area contributed by atoms with Crippen molar-refractivity contribution in [1.29, 1.82) is 0 Å². The van der Waals surface area contributed by atoms with Gasteiger partial charge in [0.2, 0.25) is 5.91 Å². The Labute approximate surface area is 312 Å². The normalized spacial score (nSPS) is 21.5. The standard InChI is InChI=1S/C12H22N2O.C11H21NO2.C10H19NO.C3H8.3C2H6/c1-12(5-9-13(2)10-6-12)11(15)14-7-3-4-8-14;1-11(2,3)14-10(13)9-5-7-12(4)8-6-9;1-8(9(2)12)10-5-4-6-11(3)7-10;1-3-2;3*1-2/h3-10H2,1-2H3;9H,5-8H2,1-4H3;8,10H,4-7H2,1-3H3;3H2,1-2H3;3*1-2H3.